The highest BCUT2D eigenvalue weighted by Crippen LogP contribution is 2.24. The zero-order valence-electron chi connectivity index (χ0n) is 14.4. The van der Waals surface area contributed by atoms with Gasteiger partial charge in [-0.25, -0.2) is 13.2 Å². The quantitative estimate of drug-likeness (QED) is 0.617. The third-order valence-electron chi connectivity index (χ3n) is 3.93. The maximum Gasteiger partial charge on any atom is 0.257 e. The van der Waals surface area contributed by atoms with Crippen LogP contribution in [-0.4, -0.2) is 10.9 Å². The van der Waals surface area contributed by atoms with Crippen LogP contribution in [0.4, 0.5) is 30.2 Å². The van der Waals surface area contributed by atoms with Crippen LogP contribution in [0.3, 0.4) is 0 Å². The van der Waals surface area contributed by atoms with E-state index in [0.29, 0.717) is 5.69 Å². The van der Waals surface area contributed by atoms with Crippen molar-refractivity contribution >= 4 is 23.0 Å². The second-order valence-electron chi connectivity index (χ2n) is 5.81. The monoisotopic (exact) mass is 371 g/mol. The fraction of sp³-hybridized carbons (Fsp3) is 0.100. The van der Waals surface area contributed by atoms with E-state index in [9.17, 15) is 18.0 Å². The molecule has 0 aliphatic heterocycles. The van der Waals surface area contributed by atoms with Crippen LogP contribution in [0.2, 0.25) is 0 Å². The number of nitrogens with zero attached hydrogens (tertiary/aromatic N) is 1. The van der Waals surface area contributed by atoms with Gasteiger partial charge in [0.25, 0.3) is 5.91 Å². The number of halogens is 3. The first-order valence-electron chi connectivity index (χ1n) is 8.23. The Morgan fingerprint density at radius 2 is 1.70 bits per heavy atom. The molecule has 0 saturated heterocycles. The van der Waals surface area contributed by atoms with Gasteiger partial charge in [-0.1, -0.05) is 19.1 Å². The van der Waals surface area contributed by atoms with Gasteiger partial charge in [-0.15, -0.1) is 0 Å². The van der Waals surface area contributed by atoms with Crippen molar-refractivity contribution in [1.29, 1.82) is 0 Å². The third kappa shape index (κ3) is 4.25. The maximum absolute atomic E-state index is 13.8. The van der Waals surface area contributed by atoms with Gasteiger partial charge in [0.05, 0.1) is 23.1 Å². The molecule has 0 fully saturated rings. The standard InChI is InChI=1S/C20H16F3N3O/c1-2-12-3-5-14(6-4-12)26-20(27)13-9-15(11-24-10-13)25-17-8-7-16(21)18(22)19(17)23/h3-11,25H,2H2,1H3,(H,26,27). The fourth-order valence-corrected chi connectivity index (χ4v) is 2.44. The second kappa shape index (κ2) is 7.90. The largest absolute Gasteiger partial charge is 0.352 e. The van der Waals surface area contributed by atoms with Gasteiger partial charge in [0.15, 0.2) is 17.5 Å². The summed E-state index contributed by atoms with van der Waals surface area (Å²) in [6, 6.07) is 10.7. The van der Waals surface area contributed by atoms with Crippen molar-refractivity contribution in [2.75, 3.05) is 10.6 Å². The Hall–Kier alpha value is -3.35. The molecule has 1 heterocycles. The van der Waals surface area contributed by atoms with Gasteiger partial charge in [-0.3, -0.25) is 9.78 Å². The first kappa shape index (κ1) is 18.4. The fourth-order valence-electron chi connectivity index (χ4n) is 2.44. The summed E-state index contributed by atoms with van der Waals surface area (Å²) in [5.74, 6) is -4.60. The lowest BCUT2D eigenvalue weighted by atomic mass is 10.1. The molecule has 0 aliphatic carbocycles. The summed E-state index contributed by atoms with van der Waals surface area (Å²) in [4.78, 5) is 16.3. The van der Waals surface area contributed by atoms with E-state index in [-0.39, 0.29) is 16.9 Å². The highest BCUT2D eigenvalue weighted by Gasteiger charge is 2.14. The average Bonchev–Trinajstić information content (AvgIpc) is 2.69. The van der Waals surface area contributed by atoms with Crippen LogP contribution >= 0.6 is 0 Å². The minimum atomic E-state index is -1.57. The Morgan fingerprint density at radius 3 is 2.41 bits per heavy atom. The summed E-state index contributed by atoms with van der Waals surface area (Å²) in [7, 11) is 0. The molecule has 0 unspecified atom stereocenters. The Bertz CT molecular complexity index is 975. The van der Waals surface area contributed by atoms with E-state index in [1.165, 1.54) is 18.5 Å². The molecule has 3 aromatic rings. The van der Waals surface area contributed by atoms with Crippen LogP contribution in [0.15, 0.2) is 54.9 Å². The summed E-state index contributed by atoms with van der Waals surface area (Å²) in [5, 5.41) is 5.33. The molecule has 0 spiro atoms. The smallest absolute Gasteiger partial charge is 0.257 e. The molecule has 2 N–H and O–H groups in total. The molecular weight excluding hydrogens is 355 g/mol. The summed E-state index contributed by atoms with van der Waals surface area (Å²) in [5.41, 5.74) is 2.00. The number of hydrogen-bond donors (Lipinski definition) is 2. The van der Waals surface area contributed by atoms with E-state index in [1.54, 1.807) is 12.1 Å². The van der Waals surface area contributed by atoms with Crippen molar-refractivity contribution in [2.45, 2.75) is 13.3 Å². The Kier molecular flexibility index (Phi) is 5.40. The number of pyridine rings is 1. The molecule has 7 heteroatoms. The molecule has 0 atom stereocenters. The molecule has 138 valence electrons. The normalized spacial score (nSPS) is 10.5. The zero-order valence-corrected chi connectivity index (χ0v) is 14.4. The van der Waals surface area contributed by atoms with Crippen molar-refractivity contribution in [2.24, 2.45) is 0 Å². The first-order chi connectivity index (χ1) is 13.0. The van der Waals surface area contributed by atoms with Crippen LogP contribution in [0.1, 0.15) is 22.8 Å². The lowest BCUT2D eigenvalue weighted by molar-refractivity contribution is 0.102. The lowest BCUT2D eigenvalue weighted by Crippen LogP contribution is -2.12. The van der Waals surface area contributed by atoms with Crippen molar-refractivity contribution < 1.29 is 18.0 Å². The predicted molar refractivity (Wildman–Crippen MR) is 97.6 cm³/mol. The second-order valence-corrected chi connectivity index (χ2v) is 5.81. The van der Waals surface area contributed by atoms with Gasteiger partial charge in [0.2, 0.25) is 0 Å². The van der Waals surface area contributed by atoms with Gasteiger partial charge in [0, 0.05) is 11.9 Å². The molecule has 0 aliphatic rings. The van der Waals surface area contributed by atoms with E-state index in [4.69, 9.17) is 0 Å². The summed E-state index contributed by atoms with van der Waals surface area (Å²) >= 11 is 0. The molecule has 0 saturated carbocycles. The van der Waals surface area contributed by atoms with Crippen LogP contribution in [0.25, 0.3) is 0 Å². The number of hydrogen-bond acceptors (Lipinski definition) is 3. The van der Waals surface area contributed by atoms with Crippen molar-refractivity contribution in [3.63, 3.8) is 0 Å². The Balaban J connectivity index is 1.76. The molecule has 0 bridgehead atoms. The number of benzene rings is 2. The van der Waals surface area contributed by atoms with E-state index in [1.807, 2.05) is 19.1 Å². The van der Waals surface area contributed by atoms with Gasteiger partial charge in [0.1, 0.15) is 0 Å². The van der Waals surface area contributed by atoms with Crippen LogP contribution in [-0.2, 0) is 6.42 Å². The number of carbonyl (C=O) groups is 1. The van der Waals surface area contributed by atoms with Crippen molar-refractivity contribution in [3.8, 4) is 0 Å². The van der Waals surface area contributed by atoms with Crippen LogP contribution in [0, 0.1) is 17.5 Å². The minimum Gasteiger partial charge on any atom is -0.352 e. The first-order valence-corrected chi connectivity index (χ1v) is 8.23. The number of aryl methyl sites for hydroxylation is 1. The molecule has 1 amide bonds. The molecule has 27 heavy (non-hydrogen) atoms. The summed E-state index contributed by atoms with van der Waals surface area (Å²) in [6.45, 7) is 2.04. The molecule has 2 aromatic carbocycles. The SMILES string of the molecule is CCc1ccc(NC(=O)c2cncc(Nc3ccc(F)c(F)c3F)c2)cc1. The molecule has 4 nitrogen and oxygen atoms in total. The number of nitrogens with one attached hydrogen (secondary N) is 2. The molecule has 0 radical (unpaired) electrons. The Morgan fingerprint density at radius 1 is 0.963 bits per heavy atom. The van der Waals surface area contributed by atoms with Gasteiger partial charge in [-0.2, -0.15) is 0 Å². The van der Waals surface area contributed by atoms with Gasteiger partial charge in [-0.05, 0) is 42.3 Å². The topological polar surface area (TPSA) is 54.0 Å². The number of amides is 1. The van der Waals surface area contributed by atoms with Crippen LogP contribution in [0.5, 0.6) is 0 Å². The molecule has 3 rings (SSSR count). The number of anilines is 3. The summed E-state index contributed by atoms with van der Waals surface area (Å²) in [6.07, 6.45) is 3.59. The maximum atomic E-state index is 13.8. The summed E-state index contributed by atoms with van der Waals surface area (Å²) < 4.78 is 40.1. The lowest BCUT2D eigenvalue weighted by Gasteiger charge is -2.10. The number of aromatic nitrogens is 1. The van der Waals surface area contributed by atoms with Gasteiger partial charge >= 0.3 is 0 Å². The van der Waals surface area contributed by atoms with Crippen molar-refractivity contribution in [3.05, 3.63) is 83.4 Å². The number of rotatable bonds is 5. The van der Waals surface area contributed by atoms with E-state index in [0.717, 1.165) is 24.1 Å². The van der Waals surface area contributed by atoms with Crippen LogP contribution < -0.4 is 10.6 Å². The van der Waals surface area contributed by atoms with Gasteiger partial charge < -0.3 is 10.6 Å². The average molecular weight is 371 g/mol. The zero-order chi connectivity index (χ0) is 19.4. The number of carbonyl (C=O) groups excluding carboxylic acids is 1. The third-order valence-corrected chi connectivity index (χ3v) is 3.93. The molecular formula is C20H16F3N3O. The predicted octanol–water partition coefficient (Wildman–Crippen LogP) is 5.06. The van der Waals surface area contributed by atoms with E-state index >= 15 is 0 Å². The van der Waals surface area contributed by atoms with E-state index in [2.05, 4.69) is 15.6 Å². The highest BCUT2D eigenvalue weighted by atomic mass is 19.2. The molecule has 1 aromatic heterocycles. The Labute approximate surface area is 154 Å². The van der Waals surface area contributed by atoms with Crippen molar-refractivity contribution in [1.82, 2.24) is 4.98 Å². The highest BCUT2D eigenvalue weighted by molar-refractivity contribution is 6.04. The van der Waals surface area contributed by atoms with E-state index < -0.39 is 23.4 Å². The minimum absolute atomic E-state index is 0.225.